The molecule has 182 valence electrons. The molecular formula is C25H37IN4O3. The van der Waals surface area contributed by atoms with E-state index < -0.39 is 0 Å². The van der Waals surface area contributed by atoms with Crippen LogP contribution in [0.4, 0.5) is 0 Å². The van der Waals surface area contributed by atoms with E-state index in [-0.39, 0.29) is 35.8 Å². The average molecular weight is 569 g/mol. The molecule has 0 aromatic heterocycles. The molecule has 0 amide bonds. The minimum Gasteiger partial charge on any atom is -0.504 e. The van der Waals surface area contributed by atoms with Crippen molar-refractivity contribution in [1.82, 2.24) is 15.5 Å². The van der Waals surface area contributed by atoms with Gasteiger partial charge in [-0.05, 0) is 75.2 Å². The van der Waals surface area contributed by atoms with Crippen LogP contribution >= 0.6 is 24.0 Å². The molecule has 0 saturated carbocycles. The zero-order chi connectivity index (χ0) is 22.8. The molecule has 1 fully saturated rings. The van der Waals surface area contributed by atoms with Crippen molar-refractivity contribution in [3.63, 3.8) is 0 Å². The van der Waals surface area contributed by atoms with Crippen LogP contribution in [0, 0.1) is 0 Å². The lowest BCUT2D eigenvalue weighted by molar-refractivity contribution is 0.245. The molecule has 1 unspecified atom stereocenters. The number of likely N-dealkylation sites (tertiary alicyclic amines) is 1. The van der Waals surface area contributed by atoms with E-state index in [0.29, 0.717) is 18.9 Å². The molecule has 0 bridgehead atoms. The summed E-state index contributed by atoms with van der Waals surface area (Å²) in [6.07, 6.45) is 2.48. The molecule has 33 heavy (non-hydrogen) atoms. The minimum absolute atomic E-state index is 0. The minimum atomic E-state index is 0. The van der Waals surface area contributed by atoms with Gasteiger partial charge in [-0.15, -0.1) is 24.0 Å². The largest absolute Gasteiger partial charge is 0.504 e. The quantitative estimate of drug-likeness (QED) is 0.225. The Bertz CT molecular complexity index is 870. The van der Waals surface area contributed by atoms with Crippen LogP contribution in [0.5, 0.6) is 17.2 Å². The van der Waals surface area contributed by atoms with E-state index in [4.69, 9.17) is 14.5 Å². The highest BCUT2D eigenvalue weighted by Crippen LogP contribution is 2.28. The predicted octanol–water partition coefficient (Wildman–Crippen LogP) is 4.31. The van der Waals surface area contributed by atoms with E-state index in [1.165, 1.54) is 18.4 Å². The second-order valence-electron chi connectivity index (χ2n) is 7.84. The highest BCUT2D eigenvalue weighted by Gasteiger charge is 2.23. The molecule has 1 aliphatic heterocycles. The monoisotopic (exact) mass is 568 g/mol. The number of hydrogen-bond acceptors (Lipinski definition) is 5. The van der Waals surface area contributed by atoms with E-state index in [1.54, 1.807) is 13.2 Å². The van der Waals surface area contributed by atoms with Gasteiger partial charge >= 0.3 is 0 Å². The summed E-state index contributed by atoms with van der Waals surface area (Å²) in [7, 11) is 1.69. The average Bonchev–Trinajstić information content (AvgIpc) is 3.34. The Hall–Kier alpha value is -2.20. The molecule has 2 aromatic carbocycles. The summed E-state index contributed by atoms with van der Waals surface area (Å²) in [5, 5.41) is 16.8. The first-order chi connectivity index (χ1) is 15.6. The highest BCUT2D eigenvalue weighted by atomic mass is 127. The number of methoxy groups -OCH3 is 1. The fourth-order valence-electron chi connectivity index (χ4n) is 3.97. The molecule has 8 heteroatoms. The van der Waals surface area contributed by atoms with E-state index >= 15 is 0 Å². The van der Waals surface area contributed by atoms with Crippen molar-refractivity contribution in [3.05, 3.63) is 53.6 Å². The number of guanidine groups is 1. The second kappa shape index (κ2) is 14.1. The predicted molar refractivity (Wildman–Crippen MR) is 144 cm³/mol. The van der Waals surface area contributed by atoms with E-state index in [1.807, 2.05) is 31.2 Å². The van der Waals surface area contributed by atoms with Crippen molar-refractivity contribution in [2.24, 2.45) is 4.99 Å². The van der Waals surface area contributed by atoms with Gasteiger partial charge in [0.2, 0.25) is 0 Å². The van der Waals surface area contributed by atoms with Crippen LogP contribution in [0.3, 0.4) is 0 Å². The van der Waals surface area contributed by atoms with Crippen molar-refractivity contribution in [2.45, 2.75) is 39.3 Å². The van der Waals surface area contributed by atoms with E-state index in [2.05, 4.69) is 34.6 Å². The number of nitrogens with zero attached hydrogens (tertiary/aromatic N) is 2. The van der Waals surface area contributed by atoms with Crippen LogP contribution in [-0.4, -0.2) is 55.9 Å². The third-order valence-corrected chi connectivity index (χ3v) is 5.63. The maximum absolute atomic E-state index is 9.92. The number of nitrogens with one attached hydrogen (secondary N) is 2. The van der Waals surface area contributed by atoms with Gasteiger partial charge in [-0.3, -0.25) is 4.90 Å². The summed E-state index contributed by atoms with van der Waals surface area (Å²) in [5.74, 6) is 2.29. The van der Waals surface area contributed by atoms with Crippen LogP contribution in [0.15, 0.2) is 47.5 Å². The molecule has 3 rings (SSSR count). The number of ether oxygens (including phenoxy) is 2. The second-order valence-corrected chi connectivity index (χ2v) is 7.84. The summed E-state index contributed by atoms with van der Waals surface area (Å²) >= 11 is 0. The number of phenolic OH excluding ortho intramolecular Hbond substituents is 1. The first kappa shape index (κ1) is 27.0. The number of hydrogen-bond donors (Lipinski definition) is 3. The first-order valence-corrected chi connectivity index (χ1v) is 11.5. The van der Waals surface area contributed by atoms with Crippen molar-refractivity contribution in [2.75, 3.05) is 39.9 Å². The highest BCUT2D eigenvalue weighted by molar-refractivity contribution is 14.0. The number of phenols is 1. The molecule has 3 N–H and O–H groups in total. The Morgan fingerprint density at radius 1 is 1.09 bits per heavy atom. The van der Waals surface area contributed by atoms with E-state index in [9.17, 15) is 5.11 Å². The van der Waals surface area contributed by atoms with E-state index in [0.717, 1.165) is 43.5 Å². The number of halogens is 1. The molecule has 1 atom stereocenters. The van der Waals surface area contributed by atoms with Crippen LogP contribution < -0.4 is 20.1 Å². The standard InChI is InChI=1S/C25H36N4O3.HI/c1-4-26-25(27-17-19-8-13-23(30)24(16-19)32-5-2)28-18-22(29-14-6-7-15-29)20-9-11-21(31-3)12-10-20;/h8-13,16,22,30H,4-7,14-15,17-18H2,1-3H3,(H2,26,27,28);1H. The maximum atomic E-state index is 9.92. The van der Waals surface area contributed by atoms with Crippen LogP contribution in [0.25, 0.3) is 0 Å². The molecule has 0 aliphatic carbocycles. The number of aromatic hydroxyl groups is 1. The summed E-state index contributed by atoms with van der Waals surface area (Å²) < 4.78 is 10.8. The molecule has 0 radical (unpaired) electrons. The summed E-state index contributed by atoms with van der Waals surface area (Å²) in [6.45, 7) is 8.73. The normalized spacial score (nSPS) is 14.9. The Kier molecular flexibility index (Phi) is 11.6. The molecule has 7 nitrogen and oxygen atoms in total. The number of rotatable bonds is 10. The van der Waals surface area contributed by atoms with Gasteiger partial charge in [0.05, 0.1) is 26.3 Å². The Labute approximate surface area is 214 Å². The van der Waals surface area contributed by atoms with Gasteiger partial charge in [-0.2, -0.15) is 0 Å². The molecule has 2 aromatic rings. The van der Waals surface area contributed by atoms with Gasteiger partial charge < -0.3 is 25.2 Å². The fourth-order valence-corrected chi connectivity index (χ4v) is 3.97. The number of aliphatic imine (C=N–C) groups is 1. The molecular weight excluding hydrogens is 531 g/mol. The summed E-state index contributed by atoms with van der Waals surface area (Å²) in [5.41, 5.74) is 2.26. The third kappa shape index (κ3) is 7.96. The Morgan fingerprint density at radius 3 is 2.45 bits per heavy atom. The summed E-state index contributed by atoms with van der Waals surface area (Å²) in [4.78, 5) is 7.29. The maximum Gasteiger partial charge on any atom is 0.191 e. The SMILES string of the molecule is CCNC(=NCc1ccc(O)c(OCC)c1)NCC(c1ccc(OC)cc1)N1CCCC1.I. The lowest BCUT2D eigenvalue weighted by atomic mass is 10.1. The zero-order valence-corrected chi connectivity index (χ0v) is 22.2. The lowest BCUT2D eigenvalue weighted by Crippen LogP contribution is -2.42. The van der Waals surface area contributed by atoms with Crippen molar-refractivity contribution in [3.8, 4) is 17.2 Å². The van der Waals surface area contributed by atoms with Crippen LogP contribution in [-0.2, 0) is 6.54 Å². The smallest absolute Gasteiger partial charge is 0.191 e. The molecule has 1 saturated heterocycles. The Balaban J connectivity index is 0.00000385. The Morgan fingerprint density at radius 2 is 1.82 bits per heavy atom. The van der Waals surface area contributed by atoms with Gasteiger partial charge in [-0.1, -0.05) is 18.2 Å². The zero-order valence-electron chi connectivity index (χ0n) is 19.8. The molecule has 1 heterocycles. The van der Waals surface area contributed by atoms with Crippen LogP contribution in [0.2, 0.25) is 0 Å². The van der Waals surface area contributed by atoms with Crippen molar-refractivity contribution >= 4 is 29.9 Å². The summed E-state index contributed by atoms with van der Waals surface area (Å²) in [6, 6.07) is 14.0. The molecule has 1 aliphatic rings. The van der Waals surface area contributed by atoms with Gasteiger partial charge in [0.1, 0.15) is 5.75 Å². The van der Waals surface area contributed by atoms with Gasteiger partial charge in [-0.25, -0.2) is 4.99 Å². The topological polar surface area (TPSA) is 78.4 Å². The van der Waals surface area contributed by atoms with Gasteiger partial charge in [0, 0.05) is 13.1 Å². The molecule has 0 spiro atoms. The lowest BCUT2D eigenvalue weighted by Gasteiger charge is -2.29. The van der Waals surface area contributed by atoms with Crippen molar-refractivity contribution in [1.29, 1.82) is 0 Å². The van der Waals surface area contributed by atoms with Gasteiger partial charge in [0.25, 0.3) is 0 Å². The number of benzene rings is 2. The third-order valence-electron chi connectivity index (χ3n) is 5.63. The fraction of sp³-hybridized carbons (Fsp3) is 0.480. The van der Waals surface area contributed by atoms with Gasteiger partial charge in [0.15, 0.2) is 17.5 Å². The first-order valence-electron chi connectivity index (χ1n) is 11.5. The van der Waals surface area contributed by atoms with Crippen LogP contribution in [0.1, 0.15) is 43.9 Å². The van der Waals surface area contributed by atoms with Crippen molar-refractivity contribution < 1.29 is 14.6 Å².